The molecule has 210 valence electrons. The number of nitrogens with one attached hydrogen (secondary N) is 3. The maximum atomic E-state index is 13.7. The second-order valence-corrected chi connectivity index (χ2v) is 10.0. The topological polar surface area (TPSA) is 112 Å². The molecule has 4 rings (SSSR count). The van der Waals surface area contributed by atoms with Crippen LogP contribution in [0.2, 0.25) is 0 Å². The summed E-state index contributed by atoms with van der Waals surface area (Å²) in [5.74, 6) is 0.102. The summed E-state index contributed by atoms with van der Waals surface area (Å²) in [6, 6.07) is 26.0. The number of rotatable bonds is 11. The van der Waals surface area contributed by atoms with Crippen molar-refractivity contribution < 1.29 is 19.1 Å². The zero-order valence-electron chi connectivity index (χ0n) is 23.2. The first-order chi connectivity index (χ1) is 19.9. The van der Waals surface area contributed by atoms with Crippen LogP contribution in [0.25, 0.3) is 0 Å². The van der Waals surface area contributed by atoms with Crippen LogP contribution in [0.1, 0.15) is 32.3 Å². The van der Waals surface area contributed by atoms with E-state index < -0.39 is 5.92 Å². The largest absolute Gasteiger partial charge is 0.494 e. The van der Waals surface area contributed by atoms with Crippen molar-refractivity contribution in [3.8, 4) is 17.6 Å². The molecule has 0 saturated heterocycles. The molecule has 0 saturated carbocycles. The van der Waals surface area contributed by atoms with Crippen LogP contribution < -0.4 is 25.4 Å². The number of anilines is 2. The minimum absolute atomic E-state index is 0.0549. The van der Waals surface area contributed by atoms with Gasteiger partial charge in [0, 0.05) is 28.2 Å². The van der Waals surface area contributed by atoms with Gasteiger partial charge in [0.1, 0.15) is 11.5 Å². The number of amides is 2. The van der Waals surface area contributed by atoms with E-state index in [-0.39, 0.29) is 17.6 Å². The number of benzene rings is 3. The number of carbonyl (C=O) groups excluding carboxylic acids is 2. The summed E-state index contributed by atoms with van der Waals surface area (Å²) in [7, 11) is 0. The van der Waals surface area contributed by atoms with Crippen LogP contribution >= 0.6 is 11.8 Å². The van der Waals surface area contributed by atoms with E-state index in [1.54, 1.807) is 43.3 Å². The molecule has 0 spiro atoms. The lowest BCUT2D eigenvalue weighted by atomic mass is 9.81. The molecule has 41 heavy (non-hydrogen) atoms. The van der Waals surface area contributed by atoms with Crippen molar-refractivity contribution in [2.24, 2.45) is 0 Å². The van der Waals surface area contributed by atoms with E-state index in [4.69, 9.17) is 9.47 Å². The third-order valence-corrected chi connectivity index (χ3v) is 7.27. The lowest BCUT2D eigenvalue weighted by Crippen LogP contribution is -2.31. The zero-order chi connectivity index (χ0) is 29.2. The van der Waals surface area contributed by atoms with Crippen LogP contribution in [0.4, 0.5) is 11.4 Å². The molecule has 0 aromatic heterocycles. The number of carbonyl (C=O) groups is 2. The van der Waals surface area contributed by atoms with Gasteiger partial charge in [0.15, 0.2) is 0 Å². The van der Waals surface area contributed by atoms with Crippen molar-refractivity contribution in [1.82, 2.24) is 5.32 Å². The van der Waals surface area contributed by atoms with Gasteiger partial charge in [-0.05, 0) is 63.2 Å². The molecule has 2 amide bonds. The molecule has 0 unspecified atom stereocenters. The van der Waals surface area contributed by atoms with Gasteiger partial charge in [-0.3, -0.25) is 9.59 Å². The smallest absolute Gasteiger partial charge is 0.254 e. The predicted octanol–water partition coefficient (Wildman–Crippen LogP) is 6.19. The third kappa shape index (κ3) is 7.29. The molecule has 8 nitrogen and oxygen atoms in total. The van der Waals surface area contributed by atoms with Gasteiger partial charge in [-0.1, -0.05) is 48.2 Å². The molecule has 1 heterocycles. The van der Waals surface area contributed by atoms with Crippen molar-refractivity contribution in [3.05, 3.63) is 106 Å². The van der Waals surface area contributed by atoms with Gasteiger partial charge in [-0.2, -0.15) is 5.26 Å². The number of para-hydroxylation sites is 2. The Morgan fingerprint density at radius 1 is 0.902 bits per heavy atom. The summed E-state index contributed by atoms with van der Waals surface area (Å²) >= 11 is 1.21. The fourth-order valence-corrected chi connectivity index (χ4v) is 5.39. The standard InChI is InChI=1S/C32H32N4O4S/c1-4-39-24-17-15-23(16-18-24)35-28(37)20-41-32-26(19-33)30(25-13-9-10-14-27(25)40-5-2)29(21(3)34-32)31(38)36-22-11-7-6-8-12-22/h6-18,30,34H,4-5,20H2,1-3H3,(H,35,37)(H,36,38)/t30-/m1/s1. The van der Waals surface area contributed by atoms with Crippen LogP contribution in [0.5, 0.6) is 11.5 Å². The molecule has 0 radical (unpaired) electrons. The lowest BCUT2D eigenvalue weighted by molar-refractivity contribution is -0.114. The fourth-order valence-electron chi connectivity index (χ4n) is 4.50. The molecular formula is C32H32N4O4S. The first kappa shape index (κ1) is 29.3. The monoisotopic (exact) mass is 568 g/mol. The number of nitrogens with zero attached hydrogens (tertiary/aromatic N) is 1. The van der Waals surface area contributed by atoms with E-state index in [1.807, 2.05) is 56.3 Å². The van der Waals surface area contributed by atoms with Gasteiger partial charge in [-0.25, -0.2) is 0 Å². The summed E-state index contributed by atoms with van der Waals surface area (Å²) in [4.78, 5) is 26.5. The highest BCUT2D eigenvalue weighted by atomic mass is 32.2. The molecule has 3 aromatic rings. The molecule has 1 aliphatic rings. The van der Waals surface area contributed by atoms with E-state index in [1.165, 1.54) is 11.8 Å². The Morgan fingerprint density at radius 2 is 1.56 bits per heavy atom. The van der Waals surface area contributed by atoms with Crippen molar-refractivity contribution in [2.75, 3.05) is 29.6 Å². The minimum Gasteiger partial charge on any atom is -0.494 e. The van der Waals surface area contributed by atoms with Crippen LogP contribution in [0, 0.1) is 11.3 Å². The Balaban J connectivity index is 1.63. The molecule has 3 N–H and O–H groups in total. The van der Waals surface area contributed by atoms with Gasteiger partial charge in [0.25, 0.3) is 5.91 Å². The first-order valence-electron chi connectivity index (χ1n) is 13.3. The van der Waals surface area contributed by atoms with Gasteiger partial charge in [0.05, 0.1) is 41.6 Å². The summed E-state index contributed by atoms with van der Waals surface area (Å²) in [5.41, 5.74) is 3.30. The molecular weight excluding hydrogens is 536 g/mol. The molecule has 0 bridgehead atoms. The highest BCUT2D eigenvalue weighted by Crippen LogP contribution is 2.44. The quantitative estimate of drug-likeness (QED) is 0.253. The van der Waals surface area contributed by atoms with Gasteiger partial charge >= 0.3 is 0 Å². The Labute approximate surface area is 244 Å². The molecule has 3 aromatic carbocycles. The second kappa shape index (κ2) is 14.1. The van der Waals surface area contributed by atoms with Crippen LogP contribution in [0.15, 0.2) is 101 Å². The summed E-state index contributed by atoms with van der Waals surface area (Å²) < 4.78 is 11.4. The van der Waals surface area contributed by atoms with Crippen molar-refractivity contribution in [2.45, 2.75) is 26.7 Å². The lowest BCUT2D eigenvalue weighted by Gasteiger charge is -2.30. The van der Waals surface area contributed by atoms with Crippen molar-refractivity contribution in [1.29, 1.82) is 5.26 Å². The van der Waals surface area contributed by atoms with E-state index in [0.717, 1.165) is 5.75 Å². The SMILES string of the molecule is CCOc1ccc(NC(=O)CSC2=C(C#N)[C@@H](c3ccccc3OCC)C(C(=O)Nc3ccccc3)=C(C)N2)cc1. The van der Waals surface area contributed by atoms with E-state index >= 15 is 0 Å². The van der Waals surface area contributed by atoms with Gasteiger partial charge < -0.3 is 25.4 Å². The highest BCUT2D eigenvalue weighted by molar-refractivity contribution is 8.03. The third-order valence-electron chi connectivity index (χ3n) is 6.25. The van der Waals surface area contributed by atoms with Crippen molar-refractivity contribution in [3.63, 3.8) is 0 Å². The number of nitriles is 1. The second-order valence-electron chi connectivity index (χ2n) is 9.04. The number of allylic oxidation sites excluding steroid dienone is 2. The van der Waals surface area contributed by atoms with Crippen LogP contribution in [-0.4, -0.2) is 30.8 Å². The highest BCUT2D eigenvalue weighted by Gasteiger charge is 2.36. The Morgan fingerprint density at radius 3 is 2.24 bits per heavy atom. The first-order valence-corrected chi connectivity index (χ1v) is 14.3. The molecule has 9 heteroatoms. The van der Waals surface area contributed by atoms with Crippen molar-refractivity contribution >= 4 is 35.0 Å². The van der Waals surface area contributed by atoms with Gasteiger partial charge in [-0.15, -0.1) is 0 Å². The average Bonchev–Trinajstić information content (AvgIpc) is 2.98. The normalized spacial score (nSPS) is 14.5. The fraction of sp³-hybridized carbons (Fsp3) is 0.219. The Hall–Kier alpha value is -4.68. The Kier molecular flexibility index (Phi) is 10.1. The molecule has 1 atom stereocenters. The van der Waals surface area contributed by atoms with E-state index in [0.29, 0.717) is 57.8 Å². The molecule has 1 aliphatic heterocycles. The summed E-state index contributed by atoms with van der Waals surface area (Å²) in [6.45, 7) is 6.58. The Bertz CT molecular complexity index is 1490. The number of hydrogen-bond donors (Lipinski definition) is 3. The minimum atomic E-state index is -0.704. The number of hydrogen-bond acceptors (Lipinski definition) is 7. The summed E-state index contributed by atoms with van der Waals surface area (Å²) in [6.07, 6.45) is 0. The maximum Gasteiger partial charge on any atom is 0.254 e. The molecule has 0 aliphatic carbocycles. The van der Waals surface area contributed by atoms with Crippen LogP contribution in [-0.2, 0) is 9.59 Å². The van der Waals surface area contributed by atoms with Crippen LogP contribution in [0.3, 0.4) is 0 Å². The number of dihydropyridines is 1. The number of thioether (sulfide) groups is 1. The zero-order valence-corrected chi connectivity index (χ0v) is 24.0. The van der Waals surface area contributed by atoms with Gasteiger partial charge in [0.2, 0.25) is 5.91 Å². The van der Waals surface area contributed by atoms with E-state index in [9.17, 15) is 14.9 Å². The average molecular weight is 569 g/mol. The maximum absolute atomic E-state index is 13.7. The predicted molar refractivity (Wildman–Crippen MR) is 163 cm³/mol. The van der Waals surface area contributed by atoms with E-state index in [2.05, 4.69) is 22.0 Å². The summed E-state index contributed by atoms with van der Waals surface area (Å²) in [5, 5.41) is 20.0. The molecule has 0 fully saturated rings. The number of ether oxygens (including phenoxy) is 2.